The zero-order valence-corrected chi connectivity index (χ0v) is 15.0. The lowest BCUT2D eigenvalue weighted by molar-refractivity contribution is -0.749. The number of rotatable bonds is 5. The molecule has 0 saturated carbocycles. The van der Waals surface area contributed by atoms with E-state index in [0.29, 0.717) is 0 Å². The Morgan fingerprint density at radius 3 is 2.11 bits per heavy atom. The maximum Gasteiger partial charge on any atom is 0.430 e. The quantitative estimate of drug-likeness (QED) is 0.745. The highest BCUT2D eigenvalue weighted by atomic mass is 19.4. The van der Waals surface area contributed by atoms with Crippen molar-refractivity contribution < 1.29 is 42.6 Å². The highest BCUT2D eigenvalue weighted by molar-refractivity contribution is 5.79. The molecule has 2 aromatic rings. The van der Waals surface area contributed by atoms with Gasteiger partial charge in [-0.3, -0.25) is 4.90 Å². The molecule has 0 bridgehead atoms. The van der Waals surface area contributed by atoms with Crippen LogP contribution in [0, 0.1) is 0 Å². The molecule has 150 valence electrons. The summed E-state index contributed by atoms with van der Waals surface area (Å²) in [5.74, 6) is -3.15. The van der Waals surface area contributed by atoms with Gasteiger partial charge in [-0.25, -0.2) is 4.79 Å². The topological polar surface area (TPSA) is 91.1 Å². The molecule has 0 radical (unpaired) electrons. The molecular weight excluding hydrogens is 379 g/mol. The molecule has 0 fully saturated rings. The van der Waals surface area contributed by atoms with Crippen LogP contribution in [-0.4, -0.2) is 37.4 Å². The molecule has 0 heterocycles. The minimum atomic E-state index is -5.19. The molecule has 0 aliphatic carbocycles. The number of carboxylic acids is 2. The third-order valence-electron chi connectivity index (χ3n) is 3.46. The number of alkyl halides is 3. The fourth-order valence-corrected chi connectivity index (χ4v) is 2.14. The first kappa shape index (κ1) is 22.7. The van der Waals surface area contributed by atoms with Crippen LogP contribution >= 0.6 is 0 Å². The van der Waals surface area contributed by atoms with Crippen molar-refractivity contribution >= 4 is 17.6 Å². The van der Waals surface area contributed by atoms with Gasteiger partial charge in [0.15, 0.2) is 0 Å². The van der Waals surface area contributed by atoms with E-state index in [4.69, 9.17) is 19.7 Å². The Balaban J connectivity index is 0.000000480. The van der Waals surface area contributed by atoms with Gasteiger partial charge in [0.25, 0.3) is 0 Å². The Bertz CT molecular complexity index is 832. The summed E-state index contributed by atoms with van der Waals surface area (Å²) in [5, 5.41) is 17.5. The Labute approximate surface area is 159 Å². The van der Waals surface area contributed by atoms with Crippen molar-refractivity contribution in [1.29, 1.82) is 0 Å². The van der Waals surface area contributed by atoms with E-state index in [0.717, 1.165) is 33.5 Å². The number of nitrogens with one attached hydrogen (secondary N) is 1. The minimum absolute atomic E-state index is 0.808. The summed E-state index contributed by atoms with van der Waals surface area (Å²) in [6.07, 6.45) is -2.43. The molecule has 0 aromatic heterocycles. The number of halogens is 3. The van der Waals surface area contributed by atoms with Gasteiger partial charge in [-0.2, -0.15) is 13.2 Å². The second kappa shape index (κ2) is 10.1. The van der Waals surface area contributed by atoms with E-state index < -0.39 is 18.1 Å². The number of quaternary nitrogens is 1. The van der Waals surface area contributed by atoms with E-state index in [1.54, 1.807) is 13.3 Å². The molecule has 0 saturated heterocycles. The van der Waals surface area contributed by atoms with E-state index in [1.807, 2.05) is 55.6 Å². The van der Waals surface area contributed by atoms with Crippen molar-refractivity contribution in [3.63, 3.8) is 0 Å². The average Bonchev–Trinajstić information content (AvgIpc) is 2.66. The molecule has 1 atom stereocenters. The van der Waals surface area contributed by atoms with E-state index in [9.17, 15) is 18.0 Å². The highest BCUT2D eigenvalue weighted by Gasteiger charge is 2.28. The van der Waals surface area contributed by atoms with Crippen LogP contribution in [0.3, 0.4) is 0 Å². The minimum Gasteiger partial charge on any atom is -0.542 e. The number of methoxy groups -OCH3 is 1. The Morgan fingerprint density at radius 2 is 1.64 bits per heavy atom. The summed E-state index contributed by atoms with van der Waals surface area (Å²) < 4.78 is 36.7. The number of hydrogen-bond donors (Lipinski definition) is 2. The number of para-hydroxylation sites is 1. The van der Waals surface area contributed by atoms with E-state index in [-0.39, 0.29) is 0 Å². The number of hydrogen-bond acceptors (Lipinski definition) is 4. The van der Waals surface area contributed by atoms with Crippen molar-refractivity contribution in [3.8, 4) is 16.9 Å². The van der Waals surface area contributed by atoms with Crippen LogP contribution in [0.4, 0.5) is 18.9 Å². The van der Waals surface area contributed by atoms with Gasteiger partial charge in [0, 0.05) is 11.6 Å². The molecule has 28 heavy (non-hydrogen) atoms. The smallest absolute Gasteiger partial charge is 0.430 e. The van der Waals surface area contributed by atoms with Gasteiger partial charge in [0.1, 0.15) is 23.6 Å². The van der Waals surface area contributed by atoms with Crippen LogP contribution in [0.1, 0.15) is 0 Å². The summed E-state index contributed by atoms with van der Waals surface area (Å²) >= 11 is 0. The predicted octanol–water partition coefficient (Wildman–Crippen LogP) is 1.41. The maximum atomic E-state index is 10.6. The fraction of sp³-hybridized carbons (Fsp3) is 0.158. The largest absolute Gasteiger partial charge is 0.542 e. The molecule has 2 N–H and O–H groups in total. The summed E-state index contributed by atoms with van der Waals surface area (Å²) in [5.41, 5.74) is 3.14. The molecule has 0 amide bonds. The Morgan fingerprint density at radius 1 is 1.11 bits per heavy atom. The van der Waals surface area contributed by atoms with Crippen molar-refractivity contribution in [2.45, 2.75) is 6.18 Å². The number of carboxylic acid groups (broad SMARTS) is 2. The summed E-state index contributed by atoms with van der Waals surface area (Å²) in [6.45, 7) is 0. The van der Waals surface area contributed by atoms with Crippen LogP contribution in [0.25, 0.3) is 11.1 Å². The number of carbonyl (C=O) groups excluding carboxylic acids is 1. The van der Waals surface area contributed by atoms with Gasteiger partial charge in [-0.15, -0.1) is 0 Å². The molecular formula is C19H18F3NO5. The van der Waals surface area contributed by atoms with Crippen LogP contribution in [0.15, 0.2) is 60.8 Å². The fourth-order valence-electron chi connectivity index (χ4n) is 2.14. The zero-order chi connectivity index (χ0) is 21.3. The van der Waals surface area contributed by atoms with Gasteiger partial charge in [-0.1, -0.05) is 24.3 Å². The zero-order valence-electron chi connectivity index (χ0n) is 15.0. The summed E-state index contributed by atoms with van der Waals surface area (Å²) in [6, 6.07) is 15.7. The molecule has 6 nitrogen and oxygen atoms in total. The van der Waals surface area contributed by atoms with E-state index >= 15 is 0 Å². The van der Waals surface area contributed by atoms with Crippen LogP contribution in [0.5, 0.6) is 5.75 Å². The molecule has 0 aliphatic heterocycles. The lowest BCUT2D eigenvalue weighted by atomic mass is 10.0. The first-order chi connectivity index (χ1) is 13.1. The normalized spacial score (nSPS) is 12.0. The second-order valence-electron chi connectivity index (χ2n) is 5.41. The van der Waals surface area contributed by atoms with Crippen LogP contribution in [0.2, 0.25) is 0 Å². The molecule has 2 aromatic carbocycles. The summed E-state index contributed by atoms with van der Waals surface area (Å²) in [7, 11) is 3.54. The molecule has 0 aliphatic rings. The van der Waals surface area contributed by atoms with Gasteiger partial charge in [0.05, 0.1) is 20.2 Å². The number of aliphatic carboxylic acids is 2. The number of carbonyl (C=O) groups is 2. The maximum absolute atomic E-state index is 10.6. The van der Waals surface area contributed by atoms with Gasteiger partial charge >= 0.3 is 12.1 Å². The van der Waals surface area contributed by atoms with Crippen LogP contribution in [-0.2, 0) is 9.59 Å². The third-order valence-corrected chi connectivity index (χ3v) is 3.46. The van der Waals surface area contributed by atoms with Crippen molar-refractivity contribution in [2.75, 3.05) is 14.2 Å². The standard InChI is InChI=1S/C17H17NO3.C2HF3O2/c1-18(12-11-17(19)20)16-6-4-3-5-15(16)13-7-9-14(21-2)10-8-13;3-2(4,5)1(6)7/h3-12H,1-2H3,(H,19,20);(H,6,7). The molecule has 1 unspecified atom stereocenters. The molecule has 9 heteroatoms. The van der Waals surface area contributed by atoms with Crippen molar-refractivity contribution in [1.82, 2.24) is 0 Å². The SMILES string of the molecule is COc1ccc(-c2ccccc2[NH+](C)C=CC(=O)O)cc1.O=C([O-])C(F)(F)F. The monoisotopic (exact) mass is 397 g/mol. The van der Waals surface area contributed by atoms with Gasteiger partial charge in [-0.05, 0) is 23.8 Å². The lowest BCUT2D eigenvalue weighted by Gasteiger charge is -2.13. The average molecular weight is 397 g/mol. The predicted molar refractivity (Wildman–Crippen MR) is 92.8 cm³/mol. The highest BCUT2D eigenvalue weighted by Crippen LogP contribution is 2.27. The van der Waals surface area contributed by atoms with Crippen molar-refractivity contribution in [3.05, 3.63) is 60.8 Å². The third kappa shape index (κ3) is 7.12. The Kier molecular flexibility index (Phi) is 8.21. The lowest BCUT2D eigenvalue weighted by Crippen LogP contribution is -2.98. The number of benzene rings is 2. The second-order valence-corrected chi connectivity index (χ2v) is 5.41. The van der Waals surface area contributed by atoms with E-state index in [1.165, 1.54) is 0 Å². The molecule has 0 spiro atoms. The Hall–Kier alpha value is -3.33. The molecule has 2 rings (SSSR count). The first-order valence-electron chi connectivity index (χ1n) is 7.82. The van der Waals surface area contributed by atoms with Crippen molar-refractivity contribution in [2.24, 2.45) is 0 Å². The first-order valence-corrected chi connectivity index (χ1v) is 7.82. The number of ether oxygens (including phenoxy) is 1. The van der Waals surface area contributed by atoms with Gasteiger partial charge < -0.3 is 19.7 Å². The van der Waals surface area contributed by atoms with Crippen LogP contribution < -0.4 is 14.7 Å². The summed E-state index contributed by atoms with van der Waals surface area (Å²) in [4.78, 5) is 20.3. The van der Waals surface area contributed by atoms with Gasteiger partial charge in [0.2, 0.25) is 0 Å². The van der Waals surface area contributed by atoms with E-state index in [2.05, 4.69) is 0 Å².